The van der Waals surface area contributed by atoms with E-state index in [1.54, 1.807) is 43.5 Å². The van der Waals surface area contributed by atoms with Crippen LogP contribution in [-0.4, -0.2) is 45.2 Å². The molecule has 1 aliphatic carbocycles. The summed E-state index contributed by atoms with van der Waals surface area (Å²) in [7, 11) is 1.59. The van der Waals surface area contributed by atoms with Gasteiger partial charge < -0.3 is 20.7 Å². The van der Waals surface area contributed by atoms with Crippen LogP contribution in [0.5, 0.6) is 5.75 Å². The first-order chi connectivity index (χ1) is 14.6. The predicted octanol–water partition coefficient (Wildman–Crippen LogP) is 3.47. The predicted molar refractivity (Wildman–Crippen MR) is 132 cm³/mol. The van der Waals surface area contributed by atoms with Crippen molar-refractivity contribution >= 4 is 35.8 Å². The number of carbonyl (C=O) groups is 1. The van der Waals surface area contributed by atoms with Gasteiger partial charge in [-0.25, -0.2) is 4.39 Å². The molecule has 8 heteroatoms. The zero-order chi connectivity index (χ0) is 21.4. The number of halogens is 2. The Kier molecular flexibility index (Phi) is 9.54. The Bertz CT molecular complexity index is 885. The number of amides is 1. The molecule has 0 heterocycles. The second-order valence-electron chi connectivity index (χ2n) is 7.40. The summed E-state index contributed by atoms with van der Waals surface area (Å²) in [6.07, 6.45) is 2.02. The number of rotatable bonds is 9. The van der Waals surface area contributed by atoms with Gasteiger partial charge >= 0.3 is 0 Å². The van der Waals surface area contributed by atoms with Crippen molar-refractivity contribution in [2.45, 2.75) is 25.2 Å². The van der Waals surface area contributed by atoms with Gasteiger partial charge in [-0.15, -0.1) is 24.0 Å². The zero-order valence-corrected chi connectivity index (χ0v) is 20.2. The Labute approximate surface area is 200 Å². The number of benzene rings is 2. The minimum Gasteiger partial charge on any atom is -0.497 e. The van der Waals surface area contributed by atoms with E-state index in [-0.39, 0.29) is 41.1 Å². The molecule has 0 saturated heterocycles. The van der Waals surface area contributed by atoms with Gasteiger partial charge in [-0.05, 0) is 61.7 Å². The number of methoxy groups -OCH3 is 1. The molecule has 3 N–H and O–H groups in total. The summed E-state index contributed by atoms with van der Waals surface area (Å²) < 4.78 is 18.7. The molecular weight excluding hydrogens is 510 g/mol. The summed E-state index contributed by atoms with van der Waals surface area (Å²) in [5.74, 6) is 1.06. The lowest BCUT2D eigenvalue weighted by Crippen LogP contribution is -2.42. The summed E-state index contributed by atoms with van der Waals surface area (Å²) in [6, 6.07) is 13.8. The van der Waals surface area contributed by atoms with E-state index in [0.29, 0.717) is 36.9 Å². The molecule has 1 amide bonds. The molecule has 2 aromatic rings. The van der Waals surface area contributed by atoms with Crippen molar-refractivity contribution < 1.29 is 13.9 Å². The van der Waals surface area contributed by atoms with Crippen LogP contribution in [0.3, 0.4) is 0 Å². The van der Waals surface area contributed by atoms with Crippen LogP contribution in [-0.2, 0) is 5.41 Å². The largest absolute Gasteiger partial charge is 0.497 e. The molecule has 0 bridgehead atoms. The van der Waals surface area contributed by atoms with Crippen molar-refractivity contribution in [3.63, 3.8) is 0 Å². The first-order valence-corrected chi connectivity index (χ1v) is 10.3. The Morgan fingerprint density at radius 3 is 2.42 bits per heavy atom. The van der Waals surface area contributed by atoms with E-state index < -0.39 is 0 Å². The van der Waals surface area contributed by atoms with Gasteiger partial charge in [0.15, 0.2) is 5.96 Å². The Balaban J connectivity index is 0.00000341. The number of guanidine groups is 1. The zero-order valence-electron chi connectivity index (χ0n) is 17.9. The number of nitrogens with zero attached hydrogens (tertiary/aromatic N) is 1. The first kappa shape index (κ1) is 24.9. The third kappa shape index (κ3) is 7.09. The van der Waals surface area contributed by atoms with Crippen LogP contribution in [0.15, 0.2) is 53.5 Å². The summed E-state index contributed by atoms with van der Waals surface area (Å²) in [4.78, 5) is 16.9. The number of nitrogens with one attached hydrogen (secondary N) is 3. The van der Waals surface area contributed by atoms with Crippen molar-refractivity contribution in [1.29, 1.82) is 0 Å². The van der Waals surface area contributed by atoms with E-state index in [1.165, 1.54) is 6.07 Å². The van der Waals surface area contributed by atoms with Gasteiger partial charge in [0.25, 0.3) is 5.91 Å². The molecule has 0 spiro atoms. The summed E-state index contributed by atoms with van der Waals surface area (Å²) in [5, 5.41) is 9.34. The maximum atomic E-state index is 13.6. The molecule has 2 aromatic carbocycles. The fourth-order valence-corrected chi connectivity index (χ4v) is 3.28. The number of hydrogen-bond donors (Lipinski definition) is 3. The minimum atomic E-state index is -0.208. The van der Waals surface area contributed by atoms with E-state index in [2.05, 4.69) is 16.0 Å². The maximum absolute atomic E-state index is 13.6. The molecule has 6 nitrogen and oxygen atoms in total. The average molecular weight is 540 g/mol. The lowest BCUT2D eigenvalue weighted by atomic mass is 9.96. The smallest absolute Gasteiger partial charge is 0.251 e. The second-order valence-corrected chi connectivity index (χ2v) is 7.40. The molecule has 0 aromatic heterocycles. The molecule has 1 aliphatic rings. The van der Waals surface area contributed by atoms with Crippen LogP contribution < -0.4 is 20.7 Å². The third-order valence-electron chi connectivity index (χ3n) is 5.23. The molecule has 0 radical (unpaired) electrons. The standard InChI is InChI=1S/C23H29FN4O2.HI/c1-3-25-22(28-16-23(11-12-23)18-5-4-6-19(24)15-18)27-14-13-26-21(29)17-7-9-20(30-2)10-8-17;/h4-10,15H,3,11-14,16H2,1-2H3,(H,26,29)(H2,25,27,28);1H. The Hall–Kier alpha value is -2.36. The van der Waals surface area contributed by atoms with E-state index in [1.807, 2.05) is 13.0 Å². The van der Waals surface area contributed by atoms with E-state index in [4.69, 9.17) is 9.73 Å². The molecule has 168 valence electrons. The first-order valence-electron chi connectivity index (χ1n) is 10.3. The van der Waals surface area contributed by atoms with E-state index >= 15 is 0 Å². The van der Waals surface area contributed by atoms with Crippen LogP contribution >= 0.6 is 24.0 Å². The number of aliphatic imine (C=N–C) groups is 1. The summed E-state index contributed by atoms with van der Waals surface area (Å²) in [5.41, 5.74) is 1.53. The SMILES string of the molecule is CCNC(=NCC1(c2cccc(F)c2)CC1)NCCNC(=O)c1ccc(OC)cc1.I. The number of ether oxygens (including phenoxy) is 1. The minimum absolute atomic E-state index is 0. The molecule has 1 saturated carbocycles. The number of carbonyl (C=O) groups excluding carboxylic acids is 1. The lowest BCUT2D eigenvalue weighted by Gasteiger charge is -2.16. The fourth-order valence-electron chi connectivity index (χ4n) is 3.28. The van der Waals surface area contributed by atoms with Crippen LogP contribution in [0.1, 0.15) is 35.7 Å². The third-order valence-corrected chi connectivity index (χ3v) is 5.23. The lowest BCUT2D eigenvalue weighted by molar-refractivity contribution is 0.0954. The van der Waals surface area contributed by atoms with Gasteiger partial charge in [-0.3, -0.25) is 9.79 Å². The molecule has 0 aliphatic heterocycles. The molecule has 3 rings (SSSR count). The normalized spacial score (nSPS) is 14.2. The van der Waals surface area contributed by atoms with Gasteiger partial charge in [-0.1, -0.05) is 12.1 Å². The number of hydrogen-bond acceptors (Lipinski definition) is 3. The quantitative estimate of drug-likeness (QED) is 0.197. The maximum Gasteiger partial charge on any atom is 0.251 e. The Morgan fingerprint density at radius 1 is 1.10 bits per heavy atom. The second kappa shape index (κ2) is 11.9. The van der Waals surface area contributed by atoms with Crippen molar-refractivity contribution in [3.8, 4) is 5.75 Å². The highest BCUT2D eigenvalue weighted by atomic mass is 127. The van der Waals surface area contributed by atoms with E-state index in [9.17, 15) is 9.18 Å². The Morgan fingerprint density at radius 2 is 1.81 bits per heavy atom. The highest BCUT2D eigenvalue weighted by Crippen LogP contribution is 2.48. The molecule has 1 fully saturated rings. The van der Waals surface area contributed by atoms with Gasteiger partial charge in [0.2, 0.25) is 0 Å². The summed E-state index contributed by atoms with van der Waals surface area (Å²) in [6.45, 7) is 4.34. The highest BCUT2D eigenvalue weighted by molar-refractivity contribution is 14.0. The molecule has 0 unspecified atom stereocenters. The summed E-state index contributed by atoms with van der Waals surface area (Å²) >= 11 is 0. The topological polar surface area (TPSA) is 74.8 Å². The van der Waals surface area contributed by atoms with Gasteiger partial charge in [0.05, 0.1) is 13.7 Å². The van der Waals surface area contributed by atoms with Crippen molar-refractivity contribution in [3.05, 3.63) is 65.5 Å². The van der Waals surface area contributed by atoms with Crippen LogP contribution in [0.25, 0.3) is 0 Å². The van der Waals surface area contributed by atoms with Crippen LogP contribution in [0, 0.1) is 5.82 Å². The molecule has 31 heavy (non-hydrogen) atoms. The average Bonchev–Trinajstić information content (AvgIpc) is 3.56. The van der Waals surface area contributed by atoms with Gasteiger partial charge in [0, 0.05) is 30.6 Å². The van der Waals surface area contributed by atoms with Gasteiger partial charge in [-0.2, -0.15) is 0 Å². The van der Waals surface area contributed by atoms with Crippen molar-refractivity contribution in [2.24, 2.45) is 4.99 Å². The molecular formula is C23H30FIN4O2. The van der Waals surface area contributed by atoms with Crippen LogP contribution in [0.4, 0.5) is 4.39 Å². The van der Waals surface area contributed by atoms with Crippen LogP contribution in [0.2, 0.25) is 0 Å². The van der Waals surface area contributed by atoms with Gasteiger partial charge in [0.1, 0.15) is 11.6 Å². The monoisotopic (exact) mass is 540 g/mol. The molecule has 0 atom stereocenters. The van der Waals surface area contributed by atoms with Crippen molar-refractivity contribution in [1.82, 2.24) is 16.0 Å². The van der Waals surface area contributed by atoms with E-state index in [0.717, 1.165) is 24.9 Å². The highest BCUT2D eigenvalue weighted by Gasteiger charge is 2.44. The fraction of sp³-hybridized carbons (Fsp3) is 0.391. The van der Waals surface area contributed by atoms with Crippen molar-refractivity contribution in [2.75, 3.05) is 33.3 Å².